The second kappa shape index (κ2) is 12.2. The van der Waals surface area contributed by atoms with Gasteiger partial charge in [-0.3, -0.25) is 9.69 Å². The minimum absolute atomic E-state index is 0.148. The molecule has 2 heterocycles. The van der Waals surface area contributed by atoms with E-state index in [9.17, 15) is 14.7 Å². The highest BCUT2D eigenvalue weighted by Gasteiger charge is 2.46. The van der Waals surface area contributed by atoms with Gasteiger partial charge in [-0.2, -0.15) is 0 Å². The van der Waals surface area contributed by atoms with Crippen molar-refractivity contribution in [1.29, 1.82) is 0 Å². The number of carboxylic acid groups (broad SMARTS) is 1. The van der Waals surface area contributed by atoms with Crippen molar-refractivity contribution in [1.82, 2.24) is 9.80 Å². The number of benzene rings is 2. The first-order valence-electron chi connectivity index (χ1n) is 12.9. The topological polar surface area (TPSA) is 97.8 Å². The molecule has 4 rings (SSSR count). The normalized spacial score (nSPS) is 20.6. The highest BCUT2D eigenvalue weighted by atomic mass is 16.7. The van der Waals surface area contributed by atoms with Gasteiger partial charge in [0.2, 0.25) is 12.7 Å². The van der Waals surface area contributed by atoms with Crippen LogP contribution in [-0.2, 0) is 9.53 Å². The van der Waals surface area contributed by atoms with Crippen LogP contribution in [0, 0.1) is 0 Å². The van der Waals surface area contributed by atoms with Crippen molar-refractivity contribution >= 4 is 12.1 Å². The molecule has 0 radical (unpaired) electrons. The number of likely N-dealkylation sites (tertiary alicyclic amines) is 1. The number of ether oxygens (including phenoxy) is 4. The fourth-order valence-corrected chi connectivity index (χ4v) is 5.28. The van der Waals surface area contributed by atoms with Gasteiger partial charge in [0.25, 0.3) is 0 Å². The second-order valence-electron chi connectivity index (χ2n) is 9.41. The van der Waals surface area contributed by atoms with E-state index in [4.69, 9.17) is 18.9 Å². The van der Waals surface area contributed by atoms with Crippen LogP contribution >= 0.6 is 0 Å². The Kier molecular flexibility index (Phi) is 8.76. The van der Waals surface area contributed by atoms with E-state index in [1.807, 2.05) is 54.3 Å². The molecule has 0 spiro atoms. The molecule has 0 bridgehead atoms. The van der Waals surface area contributed by atoms with Gasteiger partial charge in [0.15, 0.2) is 11.5 Å². The van der Waals surface area contributed by atoms with Gasteiger partial charge in [-0.15, -0.1) is 0 Å². The number of hydrogen-bond donors (Lipinski definition) is 1. The van der Waals surface area contributed by atoms with Crippen molar-refractivity contribution in [3.8, 4) is 17.2 Å². The summed E-state index contributed by atoms with van der Waals surface area (Å²) in [6, 6.07) is 13.0. The molecule has 2 aromatic rings. The van der Waals surface area contributed by atoms with Crippen molar-refractivity contribution < 1.29 is 33.6 Å². The highest BCUT2D eigenvalue weighted by Crippen LogP contribution is 2.45. The van der Waals surface area contributed by atoms with Crippen LogP contribution in [0.3, 0.4) is 0 Å². The van der Waals surface area contributed by atoms with Crippen molar-refractivity contribution in [3.63, 3.8) is 0 Å². The lowest BCUT2D eigenvalue weighted by atomic mass is 9.90. The molecule has 2 aliphatic heterocycles. The van der Waals surface area contributed by atoms with Crippen molar-refractivity contribution in [2.24, 2.45) is 0 Å². The molecular weight excluding hydrogens is 476 g/mol. The third-order valence-electron chi connectivity index (χ3n) is 7.02. The number of carbonyl (C=O) groups excluding carboxylic acids is 1. The van der Waals surface area contributed by atoms with Gasteiger partial charge in [-0.1, -0.05) is 32.0 Å². The lowest BCUT2D eigenvalue weighted by Gasteiger charge is -2.30. The molecule has 0 unspecified atom stereocenters. The standard InChI is InChI=1S/C28H36N2O7/c1-4-6-25(31)29(13-5-2)14-15-30-17-22(20-9-12-23-24(16-20)36-18-35-23)27(37-28(32)33)26(30)19-7-10-21(34-3)11-8-19/h7-12,16,22,26-27H,4-6,13-15,17-18H2,1-3H3,(H,32,33)/t22-,26-,27+/m1/s1. The van der Waals surface area contributed by atoms with Crippen LogP contribution in [0.4, 0.5) is 4.79 Å². The summed E-state index contributed by atoms with van der Waals surface area (Å²) in [4.78, 5) is 28.7. The van der Waals surface area contributed by atoms with Crippen molar-refractivity contribution in [2.45, 2.75) is 51.2 Å². The van der Waals surface area contributed by atoms with Gasteiger partial charge >= 0.3 is 6.16 Å². The van der Waals surface area contributed by atoms with E-state index in [2.05, 4.69) is 11.8 Å². The van der Waals surface area contributed by atoms with Crippen LogP contribution in [0.5, 0.6) is 17.2 Å². The summed E-state index contributed by atoms with van der Waals surface area (Å²) in [6.45, 7) is 6.65. The van der Waals surface area contributed by atoms with Gasteiger partial charge < -0.3 is 29.0 Å². The summed E-state index contributed by atoms with van der Waals surface area (Å²) in [5.41, 5.74) is 1.85. The fraction of sp³-hybridized carbons (Fsp3) is 0.500. The molecule has 9 nitrogen and oxygen atoms in total. The first-order valence-corrected chi connectivity index (χ1v) is 12.9. The van der Waals surface area contributed by atoms with Crippen LogP contribution < -0.4 is 14.2 Å². The maximum absolute atomic E-state index is 12.7. The Bertz CT molecular complexity index is 1070. The summed E-state index contributed by atoms with van der Waals surface area (Å²) in [5, 5.41) is 9.69. The van der Waals surface area contributed by atoms with Gasteiger partial charge in [-0.25, -0.2) is 4.79 Å². The van der Waals surface area contributed by atoms with Crippen molar-refractivity contribution in [2.75, 3.05) is 40.1 Å². The molecule has 1 N–H and O–H groups in total. The monoisotopic (exact) mass is 512 g/mol. The molecule has 1 saturated heterocycles. The maximum atomic E-state index is 12.7. The zero-order valence-electron chi connectivity index (χ0n) is 21.7. The minimum Gasteiger partial charge on any atom is -0.497 e. The highest BCUT2D eigenvalue weighted by molar-refractivity contribution is 5.76. The first kappa shape index (κ1) is 26.6. The largest absolute Gasteiger partial charge is 0.506 e. The predicted molar refractivity (Wildman–Crippen MR) is 137 cm³/mol. The van der Waals surface area contributed by atoms with E-state index in [-0.39, 0.29) is 24.7 Å². The molecular formula is C28H36N2O7. The van der Waals surface area contributed by atoms with Crippen LogP contribution in [0.1, 0.15) is 56.2 Å². The lowest BCUT2D eigenvalue weighted by molar-refractivity contribution is -0.131. The fourth-order valence-electron chi connectivity index (χ4n) is 5.28. The van der Waals surface area contributed by atoms with Gasteiger partial charge in [0.05, 0.1) is 13.2 Å². The minimum atomic E-state index is -1.32. The summed E-state index contributed by atoms with van der Waals surface area (Å²) >= 11 is 0. The van der Waals surface area contributed by atoms with Crippen LogP contribution in [0.2, 0.25) is 0 Å². The molecule has 37 heavy (non-hydrogen) atoms. The van der Waals surface area contributed by atoms with E-state index in [0.29, 0.717) is 44.1 Å². The molecule has 200 valence electrons. The summed E-state index contributed by atoms with van der Waals surface area (Å²) in [6.07, 6.45) is 0.228. The average Bonchev–Trinajstić information content (AvgIpc) is 3.50. The first-order chi connectivity index (χ1) is 17.9. The van der Waals surface area contributed by atoms with Gasteiger partial charge in [0.1, 0.15) is 11.9 Å². The third-order valence-corrected chi connectivity index (χ3v) is 7.02. The average molecular weight is 513 g/mol. The molecule has 9 heteroatoms. The van der Waals surface area contributed by atoms with Crippen LogP contribution in [-0.4, -0.2) is 73.2 Å². The number of methoxy groups -OCH3 is 1. The summed E-state index contributed by atoms with van der Waals surface area (Å²) < 4.78 is 22.0. The number of amides is 1. The molecule has 0 saturated carbocycles. The van der Waals surface area contributed by atoms with Crippen molar-refractivity contribution in [3.05, 3.63) is 53.6 Å². The Morgan fingerprint density at radius 2 is 1.76 bits per heavy atom. The zero-order chi connectivity index (χ0) is 26.4. The second-order valence-corrected chi connectivity index (χ2v) is 9.41. The maximum Gasteiger partial charge on any atom is 0.506 e. The van der Waals surface area contributed by atoms with E-state index in [1.54, 1.807) is 7.11 Å². The molecule has 1 amide bonds. The quantitative estimate of drug-likeness (QED) is 0.434. The number of carbonyl (C=O) groups is 2. The predicted octanol–water partition coefficient (Wildman–Crippen LogP) is 4.67. The van der Waals surface area contributed by atoms with Crippen LogP contribution in [0.25, 0.3) is 0 Å². The van der Waals surface area contributed by atoms with Gasteiger partial charge in [0, 0.05) is 38.5 Å². The Morgan fingerprint density at radius 1 is 1.03 bits per heavy atom. The molecule has 0 aromatic heterocycles. The van der Waals surface area contributed by atoms with E-state index < -0.39 is 12.3 Å². The smallest absolute Gasteiger partial charge is 0.497 e. The molecule has 3 atom stereocenters. The zero-order valence-corrected chi connectivity index (χ0v) is 21.7. The summed E-state index contributed by atoms with van der Waals surface area (Å²) in [7, 11) is 1.61. The molecule has 2 aromatic carbocycles. The number of nitrogens with zero attached hydrogens (tertiary/aromatic N) is 2. The lowest BCUT2D eigenvalue weighted by Crippen LogP contribution is -2.40. The van der Waals surface area contributed by atoms with Gasteiger partial charge in [-0.05, 0) is 48.2 Å². The Morgan fingerprint density at radius 3 is 2.43 bits per heavy atom. The number of hydrogen-bond acceptors (Lipinski definition) is 7. The Hall–Kier alpha value is -3.46. The summed E-state index contributed by atoms with van der Waals surface area (Å²) in [5.74, 6) is 1.95. The molecule has 1 fully saturated rings. The van der Waals surface area contributed by atoms with E-state index in [1.165, 1.54) is 0 Å². The number of fused-ring (bicyclic) bond motifs is 1. The SMILES string of the molecule is CCCC(=O)N(CCC)CCN1C[C@H](c2ccc3c(c2)OCO3)[C@H](OC(=O)O)[C@H]1c1ccc(OC)cc1. The van der Waals surface area contributed by atoms with E-state index >= 15 is 0 Å². The Labute approximate surface area is 217 Å². The molecule has 2 aliphatic rings. The third kappa shape index (κ3) is 6.10. The Balaban J connectivity index is 1.67. The number of rotatable bonds is 11. The van der Waals surface area contributed by atoms with Crippen LogP contribution in [0.15, 0.2) is 42.5 Å². The molecule has 0 aliphatic carbocycles. The van der Waals surface area contributed by atoms with E-state index in [0.717, 1.165) is 29.7 Å².